The highest BCUT2D eigenvalue weighted by atomic mass is 127. The summed E-state index contributed by atoms with van der Waals surface area (Å²) in [4.78, 5) is 6.88. The average Bonchev–Trinajstić information content (AvgIpc) is 3.13. The van der Waals surface area contributed by atoms with E-state index in [1.165, 1.54) is 19.3 Å². The first kappa shape index (κ1) is 22.6. The number of likely N-dealkylation sites (tertiary alicyclic amines) is 1. The van der Waals surface area contributed by atoms with Crippen LogP contribution in [0.2, 0.25) is 0 Å². The third-order valence-corrected chi connectivity index (χ3v) is 5.87. The fourth-order valence-electron chi connectivity index (χ4n) is 2.90. The molecule has 144 valence electrons. The molecule has 7 heteroatoms. The molecule has 2 rings (SSSR count). The molecule has 1 aromatic heterocycles. The lowest BCUT2D eigenvalue weighted by Gasteiger charge is -2.34. The number of furan rings is 1. The Bertz CT molecular complexity index is 501. The van der Waals surface area contributed by atoms with Crippen molar-refractivity contribution in [1.82, 2.24) is 15.5 Å². The van der Waals surface area contributed by atoms with Gasteiger partial charge < -0.3 is 15.1 Å². The summed E-state index contributed by atoms with van der Waals surface area (Å²) in [7, 11) is 1.82. The van der Waals surface area contributed by atoms with Crippen molar-refractivity contribution >= 4 is 41.7 Å². The third-order valence-electron chi connectivity index (χ3n) is 4.62. The Labute approximate surface area is 173 Å². The highest BCUT2D eigenvalue weighted by Crippen LogP contribution is 2.24. The van der Waals surface area contributed by atoms with Gasteiger partial charge in [-0.2, -0.15) is 11.8 Å². The van der Waals surface area contributed by atoms with Crippen LogP contribution in [0.1, 0.15) is 44.9 Å². The number of aliphatic imine (C=N–C) groups is 1. The first-order valence-corrected chi connectivity index (χ1v) is 10.1. The number of hydrogen-bond acceptors (Lipinski definition) is 4. The Kier molecular flexibility index (Phi) is 10.3. The zero-order valence-electron chi connectivity index (χ0n) is 15.9. The topological polar surface area (TPSA) is 52.8 Å². The van der Waals surface area contributed by atoms with Gasteiger partial charge in [-0.05, 0) is 58.2 Å². The van der Waals surface area contributed by atoms with Gasteiger partial charge in [0.2, 0.25) is 0 Å². The quantitative estimate of drug-likeness (QED) is 0.354. The van der Waals surface area contributed by atoms with Crippen molar-refractivity contribution in [3.63, 3.8) is 0 Å². The summed E-state index contributed by atoms with van der Waals surface area (Å²) < 4.78 is 5.89. The molecule has 2 N–H and O–H groups in total. The number of rotatable bonds is 7. The molecule has 1 fully saturated rings. The Balaban J connectivity index is 0.00000312. The van der Waals surface area contributed by atoms with E-state index in [-0.39, 0.29) is 34.8 Å². The Morgan fingerprint density at radius 1 is 1.32 bits per heavy atom. The van der Waals surface area contributed by atoms with Crippen LogP contribution in [-0.4, -0.2) is 55.1 Å². The highest BCUT2D eigenvalue weighted by molar-refractivity contribution is 14.0. The molecule has 0 radical (unpaired) electrons. The smallest absolute Gasteiger partial charge is 0.191 e. The van der Waals surface area contributed by atoms with Crippen LogP contribution in [0.5, 0.6) is 0 Å². The number of thioether (sulfide) groups is 1. The second kappa shape index (κ2) is 11.3. The molecule has 1 aromatic rings. The maximum atomic E-state index is 5.70. The van der Waals surface area contributed by atoms with Crippen LogP contribution >= 0.6 is 35.7 Å². The summed E-state index contributed by atoms with van der Waals surface area (Å²) in [5, 5.41) is 6.91. The average molecular weight is 480 g/mol. The van der Waals surface area contributed by atoms with E-state index in [4.69, 9.17) is 4.42 Å². The second-order valence-electron chi connectivity index (χ2n) is 6.90. The summed E-state index contributed by atoms with van der Waals surface area (Å²) in [5.41, 5.74) is 0. The summed E-state index contributed by atoms with van der Waals surface area (Å²) in [6.07, 6.45) is 7.78. The van der Waals surface area contributed by atoms with Crippen LogP contribution < -0.4 is 10.6 Å². The molecule has 0 bridgehead atoms. The molecule has 0 saturated carbocycles. The Morgan fingerprint density at radius 2 is 2.04 bits per heavy atom. The first-order valence-electron chi connectivity index (χ1n) is 8.83. The predicted octanol–water partition coefficient (Wildman–Crippen LogP) is 3.73. The minimum Gasteiger partial charge on any atom is -0.468 e. The monoisotopic (exact) mass is 480 g/mol. The van der Waals surface area contributed by atoms with Gasteiger partial charge in [-0.1, -0.05) is 6.42 Å². The highest BCUT2D eigenvalue weighted by Gasteiger charge is 2.25. The summed E-state index contributed by atoms with van der Waals surface area (Å²) in [6.45, 7) is 8.42. The van der Waals surface area contributed by atoms with E-state index in [1.807, 2.05) is 24.9 Å². The Morgan fingerprint density at radius 3 is 2.60 bits per heavy atom. The van der Waals surface area contributed by atoms with Crippen LogP contribution in [0.15, 0.2) is 27.8 Å². The zero-order valence-corrected chi connectivity index (χ0v) is 19.0. The van der Waals surface area contributed by atoms with Crippen LogP contribution in [-0.2, 0) is 0 Å². The lowest BCUT2D eigenvalue weighted by atomic mass is 10.1. The van der Waals surface area contributed by atoms with Crippen molar-refractivity contribution in [3.05, 3.63) is 24.2 Å². The maximum absolute atomic E-state index is 5.70. The van der Waals surface area contributed by atoms with Gasteiger partial charge in [-0.25, -0.2) is 0 Å². The van der Waals surface area contributed by atoms with Crippen LogP contribution in [0, 0.1) is 0 Å². The lowest BCUT2D eigenvalue weighted by molar-refractivity contribution is 0.146. The van der Waals surface area contributed by atoms with E-state index < -0.39 is 0 Å². The molecular weight excluding hydrogens is 447 g/mol. The minimum absolute atomic E-state index is 0. The summed E-state index contributed by atoms with van der Waals surface area (Å²) in [6, 6.07) is 4.31. The normalized spacial score (nSPS) is 17.7. The van der Waals surface area contributed by atoms with Crippen molar-refractivity contribution in [3.8, 4) is 0 Å². The number of guanidine groups is 1. The van der Waals surface area contributed by atoms with Crippen molar-refractivity contribution in [2.24, 2.45) is 4.99 Å². The summed E-state index contributed by atoms with van der Waals surface area (Å²) >= 11 is 1.86. The Hall–Kier alpha value is -0.410. The molecule has 25 heavy (non-hydrogen) atoms. The van der Waals surface area contributed by atoms with Crippen molar-refractivity contribution in [2.45, 2.75) is 43.9 Å². The van der Waals surface area contributed by atoms with E-state index in [9.17, 15) is 0 Å². The van der Waals surface area contributed by atoms with Gasteiger partial charge in [0.1, 0.15) is 5.76 Å². The lowest BCUT2D eigenvalue weighted by Crippen LogP contribution is -2.47. The van der Waals surface area contributed by atoms with E-state index in [1.54, 1.807) is 6.26 Å². The molecule has 1 aliphatic rings. The summed E-state index contributed by atoms with van der Waals surface area (Å²) in [5.74, 6) is 1.88. The molecular formula is C18H33IN4OS. The number of nitrogens with zero attached hydrogens (tertiary/aromatic N) is 2. The van der Waals surface area contributed by atoms with Gasteiger partial charge in [0, 0.05) is 24.9 Å². The molecule has 1 saturated heterocycles. The largest absolute Gasteiger partial charge is 0.468 e. The van der Waals surface area contributed by atoms with Crippen LogP contribution in [0.25, 0.3) is 0 Å². The number of halogens is 1. The molecule has 5 nitrogen and oxygen atoms in total. The van der Waals surface area contributed by atoms with Crippen molar-refractivity contribution in [2.75, 3.05) is 39.5 Å². The van der Waals surface area contributed by atoms with E-state index in [0.29, 0.717) is 0 Å². The molecule has 0 aromatic carbocycles. The fraction of sp³-hybridized carbons (Fsp3) is 0.722. The molecule has 0 aliphatic carbocycles. The first-order chi connectivity index (χ1) is 11.6. The standard InChI is InChI=1S/C18H32N4OS.HI/c1-18(2,24-4)14-21-17(19-3)20-13-15(16-9-8-12-23-16)22-10-6-5-7-11-22;/h8-9,12,15H,5-7,10-11,13-14H2,1-4H3,(H2,19,20,21);1H. The van der Waals surface area contributed by atoms with Gasteiger partial charge in [-0.3, -0.25) is 9.89 Å². The minimum atomic E-state index is 0. The van der Waals surface area contributed by atoms with Crippen molar-refractivity contribution < 1.29 is 4.42 Å². The molecule has 1 atom stereocenters. The molecule has 1 unspecified atom stereocenters. The van der Waals surface area contributed by atoms with Gasteiger partial charge in [-0.15, -0.1) is 24.0 Å². The van der Waals surface area contributed by atoms with Gasteiger partial charge in [0.15, 0.2) is 5.96 Å². The predicted molar refractivity (Wildman–Crippen MR) is 119 cm³/mol. The molecule has 1 aliphatic heterocycles. The SMILES string of the molecule is CN=C(NCC(c1ccco1)N1CCCCC1)NCC(C)(C)SC.I. The number of hydrogen-bond donors (Lipinski definition) is 2. The molecule has 2 heterocycles. The zero-order chi connectivity index (χ0) is 17.4. The van der Waals surface area contributed by atoms with Gasteiger partial charge >= 0.3 is 0 Å². The van der Waals surface area contributed by atoms with E-state index in [0.717, 1.165) is 37.9 Å². The molecule has 0 amide bonds. The van der Waals surface area contributed by atoms with Crippen LogP contribution in [0.4, 0.5) is 0 Å². The van der Waals surface area contributed by atoms with Crippen molar-refractivity contribution in [1.29, 1.82) is 0 Å². The second-order valence-corrected chi connectivity index (χ2v) is 8.41. The fourth-order valence-corrected chi connectivity index (χ4v) is 3.12. The van der Waals surface area contributed by atoms with E-state index >= 15 is 0 Å². The number of piperidine rings is 1. The number of nitrogens with one attached hydrogen (secondary N) is 2. The molecule has 0 spiro atoms. The van der Waals surface area contributed by atoms with E-state index in [2.05, 4.69) is 46.7 Å². The van der Waals surface area contributed by atoms with Gasteiger partial charge in [0.25, 0.3) is 0 Å². The maximum Gasteiger partial charge on any atom is 0.191 e. The van der Waals surface area contributed by atoms with Gasteiger partial charge in [0.05, 0.1) is 12.3 Å². The third kappa shape index (κ3) is 7.38. The van der Waals surface area contributed by atoms with Crippen LogP contribution in [0.3, 0.4) is 0 Å².